The van der Waals surface area contributed by atoms with E-state index in [0.29, 0.717) is 6.42 Å². The first-order valence-corrected chi connectivity index (χ1v) is 8.81. The highest BCUT2D eigenvalue weighted by atomic mass is 35.5. The maximum atomic E-state index is 12.7. The lowest BCUT2D eigenvalue weighted by molar-refractivity contribution is -0.119. The first-order chi connectivity index (χ1) is 11.2. The largest absolute Gasteiger partial charge is 0.398 e. The maximum absolute atomic E-state index is 12.7. The van der Waals surface area contributed by atoms with Gasteiger partial charge >= 0.3 is 0 Å². The minimum absolute atomic E-state index is 0. The molecular weight excluding hydrogens is 359 g/mol. The Bertz CT molecular complexity index is 562. The Kier molecular flexibility index (Phi) is 9.00. The van der Waals surface area contributed by atoms with Crippen LogP contribution in [-0.4, -0.2) is 61.5 Å². The van der Waals surface area contributed by atoms with Crippen LogP contribution in [0.4, 0.5) is 11.4 Å². The van der Waals surface area contributed by atoms with Gasteiger partial charge in [-0.1, -0.05) is 13.0 Å². The Labute approximate surface area is 163 Å². The van der Waals surface area contributed by atoms with Crippen LogP contribution in [0, 0.1) is 0 Å². The number of carbonyl (C=O) groups is 1. The number of nitrogens with zero attached hydrogens (tertiary/aromatic N) is 3. The fourth-order valence-corrected chi connectivity index (χ4v) is 3.63. The summed E-state index contributed by atoms with van der Waals surface area (Å²) in [5.74, 6) is 0.231. The molecule has 0 spiro atoms. The van der Waals surface area contributed by atoms with Gasteiger partial charge in [0.1, 0.15) is 0 Å². The van der Waals surface area contributed by atoms with Crippen LogP contribution < -0.4 is 10.6 Å². The maximum Gasteiger partial charge on any atom is 0.228 e. The summed E-state index contributed by atoms with van der Waals surface area (Å²) in [7, 11) is 0. The van der Waals surface area contributed by atoms with E-state index in [9.17, 15) is 4.79 Å². The highest BCUT2D eigenvalue weighted by Gasteiger charge is 2.24. The Morgan fingerprint density at radius 3 is 2.44 bits per heavy atom. The van der Waals surface area contributed by atoms with Crippen LogP contribution in [0.3, 0.4) is 0 Å². The molecule has 0 bridgehead atoms. The standard InChI is InChI=1S/C18H28N4O.2ClH/c1-2-20-11-13-21(14-12-20)10-8-18(23)22-9-4-5-15-16(19)6-3-7-17(15)22;;/h3,6-7H,2,4-5,8-14,19H2,1H3;2*1H. The van der Waals surface area contributed by atoms with Crippen molar-refractivity contribution in [1.82, 2.24) is 9.80 Å². The molecule has 2 heterocycles. The van der Waals surface area contributed by atoms with E-state index in [1.54, 1.807) is 0 Å². The molecule has 1 aromatic carbocycles. The number of rotatable bonds is 4. The van der Waals surface area contributed by atoms with Crippen LogP contribution >= 0.6 is 24.8 Å². The molecule has 5 nitrogen and oxygen atoms in total. The van der Waals surface area contributed by atoms with Crippen molar-refractivity contribution >= 4 is 42.1 Å². The van der Waals surface area contributed by atoms with E-state index in [1.807, 2.05) is 23.1 Å². The molecule has 7 heteroatoms. The molecule has 0 unspecified atom stereocenters. The first-order valence-electron chi connectivity index (χ1n) is 8.81. The van der Waals surface area contributed by atoms with Gasteiger partial charge in [-0.05, 0) is 37.1 Å². The molecule has 1 fully saturated rings. The van der Waals surface area contributed by atoms with E-state index < -0.39 is 0 Å². The van der Waals surface area contributed by atoms with Crippen molar-refractivity contribution in [1.29, 1.82) is 0 Å². The van der Waals surface area contributed by atoms with Gasteiger partial charge in [0.05, 0.1) is 0 Å². The molecular formula is C18H30Cl2N4O. The van der Waals surface area contributed by atoms with Crippen LogP contribution in [0.25, 0.3) is 0 Å². The van der Waals surface area contributed by atoms with Gasteiger partial charge in [-0.25, -0.2) is 0 Å². The molecule has 142 valence electrons. The molecule has 0 atom stereocenters. The van der Waals surface area contributed by atoms with Crippen molar-refractivity contribution in [3.63, 3.8) is 0 Å². The second-order valence-electron chi connectivity index (χ2n) is 6.52. The Hall–Kier alpha value is -1.01. The number of nitrogens with two attached hydrogens (primary N) is 1. The predicted molar refractivity (Wildman–Crippen MR) is 109 cm³/mol. The summed E-state index contributed by atoms with van der Waals surface area (Å²) in [6.07, 6.45) is 2.58. The van der Waals surface area contributed by atoms with E-state index in [4.69, 9.17) is 5.73 Å². The molecule has 25 heavy (non-hydrogen) atoms. The number of hydrogen-bond donors (Lipinski definition) is 1. The van der Waals surface area contributed by atoms with Crippen LogP contribution in [0.5, 0.6) is 0 Å². The molecule has 3 rings (SSSR count). The second kappa shape index (κ2) is 10.2. The molecule has 1 amide bonds. The average molecular weight is 389 g/mol. The van der Waals surface area contributed by atoms with Crippen LogP contribution in [0.1, 0.15) is 25.3 Å². The summed E-state index contributed by atoms with van der Waals surface area (Å²) >= 11 is 0. The molecule has 2 aliphatic rings. The number of nitrogen functional groups attached to an aromatic ring is 1. The Morgan fingerprint density at radius 1 is 1.08 bits per heavy atom. The van der Waals surface area contributed by atoms with Gasteiger partial charge in [0.25, 0.3) is 0 Å². The zero-order valence-corrected chi connectivity index (χ0v) is 16.6. The van der Waals surface area contributed by atoms with Crippen LogP contribution in [0.2, 0.25) is 0 Å². The molecule has 1 saturated heterocycles. The summed E-state index contributed by atoms with van der Waals surface area (Å²) in [6, 6.07) is 5.91. The smallest absolute Gasteiger partial charge is 0.228 e. The molecule has 1 aromatic rings. The van der Waals surface area contributed by atoms with Gasteiger partial charge in [0, 0.05) is 57.1 Å². The number of carbonyl (C=O) groups excluding carboxylic acids is 1. The minimum Gasteiger partial charge on any atom is -0.398 e. The highest BCUT2D eigenvalue weighted by Crippen LogP contribution is 2.31. The van der Waals surface area contributed by atoms with Gasteiger partial charge in [0.2, 0.25) is 5.91 Å². The van der Waals surface area contributed by atoms with Crippen molar-refractivity contribution in [2.24, 2.45) is 0 Å². The van der Waals surface area contributed by atoms with Crippen LogP contribution in [0.15, 0.2) is 18.2 Å². The quantitative estimate of drug-likeness (QED) is 0.804. The third-order valence-electron chi connectivity index (χ3n) is 5.14. The lowest BCUT2D eigenvalue weighted by Crippen LogP contribution is -2.47. The Balaban J connectivity index is 0.00000156. The molecule has 2 aliphatic heterocycles. The van der Waals surface area contributed by atoms with E-state index in [2.05, 4.69) is 16.7 Å². The summed E-state index contributed by atoms with van der Waals surface area (Å²) in [4.78, 5) is 19.5. The lowest BCUT2D eigenvalue weighted by Gasteiger charge is -2.35. The normalized spacial score (nSPS) is 18.0. The number of halogens is 2. The van der Waals surface area contributed by atoms with E-state index in [1.165, 1.54) is 0 Å². The van der Waals surface area contributed by atoms with Gasteiger partial charge in [-0.2, -0.15) is 0 Å². The van der Waals surface area contributed by atoms with Crippen molar-refractivity contribution < 1.29 is 4.79 Å². The number of piperazine rings is 1. The van der Waals surface area contributed by atoms with Crippen molar-refractivity contribution in [2.45, 2.75) is 26.2 Å². The second-order valence-corrected chi connectivity index (χ2v) is 6.52. The number of hydrogen-bond acceptors (Lipinski definition) is 4. The van der Waals surface area contributed by atoms with Gasteiger partial charge < -0.3 is 20.4 Å². The van der Waals surface area contributed by atoms with E-state index in [0.717, 1.165) is 75.6 Å². The Morgan fingerprint density at radius 2 is 1.76 bits per heavy atom. The summed E-state index contributed by atoms with van der Waals surface area (Å²) < 4.78 is 0. The number of anilines is 2. The average Bonchev–Trinajstić information content (AvgIpc) is 2.60. The third-order valence-corrected chi connectivity index (χ3v) is 5.14. The number of likely N-dealkylation sites (N-methyl/N-ethyl adjacent to an activating group) is 1. The van der Waals surface area contributed by atoms with Gasteiger partial charge in [0.15, 0.2) is 0 Å². The topological polar surface area (TPSA) is 52.8 Å². The van der Waals surface area contributed by atoms with E-state index >= 15 is 0 Å². The number of amides is 1. The van der Waals surface area contributed by atoms with Crippen molar-refractivity contribution in [3.05, 3.63) is 23.8 Å². The fraction of sp³-hybridized carbons (Fsp3) is 0.611. The first kappa shape index (κ1) is 22.0. The van der Waals surface area contributed by atoms with Gasteiger partial charge in [-0.3, -0.25) is 4.79 Å². The zero-order chi connectivity index (χ0) is 16.2. The number of benzene rings is 1. The highest BCUT2D eigenvalue weighted by molar-refractivity contribution is 5.95. The molecule has 0 aromatic heterocycles. The van der Waals surface area contributed by atoms with E-state index in [-0.39, 0.29) is 30.7 Å². The molecule has 0 aliphatic carbocycles. The zero-order valence-electron chi connectivity index (χ0n) is 14.9. The summed E-state index contributed by atoms with van der Waals surface area (Å²) in [6.45, 7) is 9.40. The summed E-state index contributed by atoms with van der Waals surface area (Å²) in [5, 5.41) is 0. The minimum atomic E-state index is 0. The SMILES string of the molecule is CCN1CCN(CCC(=O)N2CCCc3c(N)cccc32)CC1.Cl.Cl. The lowest BCUT2D eigenvalue weighted by atomic mass is 9.99. The van der Waals surface area contributed by atoms with Crippen molar-refractivity contribution in [3.8, 4) is 0 Å². The van der Waals surface area contributed by atoms with Crippen molar-refractivity contribution in [2.75, 3.05) is 56.4 Å². The fourth-order valence-electron chi connectivity index (χ4n) is 3.63. The van der Waals surface area contributed by atoms with Crippen LogP contribution in [-0.2, 0) is 11.2 Å². The molecule has 0 radical (unpaired) electrons. The molecule has 2 N–H and O–H groups in total. The number of fused-ring (bicyclic) bond motifs is 1. The summed E-state index contributed by atoms with van der Waals surface area (Å²) in [5.41, 5.74) is 9.05. The molecule has 0 saturated carbocycles. The van der Waals surface area contributed by atoms with Gasteiger partial charge in [-0.15, -0.1) is 24.8 Å². The third kappa shape index (κ3) is 5.23. The predicted octanol–water partition coefficient (Wildman–Crippen LogP) is 2.42. The monoisotopic (exact) mass is 388 g/mol.